The molecule has 1 heterocycles. The lowest BCUT2D eigenvalue weighted by molar-refractivity contribution is 0.0955. The van der Waals surface area contributed by atoms with Gasteiger partial charge in [-0.15, -0.1) is 11.3 Å². The van der Waals surface area contributed by atoms with Gasteiger partial charge in [0.05, 0.1) is 6.21 Å². The Labute approximate surface area is 132 Å². The summed E-state index contributed by atoms with van der Waals surface area (Å²) in [7, 11) is 0. The average Bonchev–Trinajstić information content (AvgIpc) is 3.09. The Bertz CT molecular complexity index is 763. The van der Waals surface area contributed by atoms with Gasteiger partial charge in [0.1, 0.15) is 0 Å². The Morgan fingerprint density at radius 3 is 2.32 bits per heavy atom. The number of nitrogens with zero attached hydrogens (tertiary/aromatic N) is 1. The molecule has 4 heteroatoms. The van der Waals surface area contributed by atoms with Crippen LogP contribution in [0.4, 0.5) is 0 Å². The van der Waals surface area contributed by atoms with E-state index in [9.17, 15) is 4.79 Å². The number of amides is 1. The van der Waals surface area contributed by atoms with Crippen LogP contribution >= 0.6 is 11.3 Å². The maximum absolute atomic E-state index is 12.0. The minimum absolute atomic E-state index is 0.215. The van der Waals surface area contributed by atoms with Gasteiger partial charge >= 0.3 is 0 Å². The number of hydrazone groups is 1. The molecule has 0 aliphatic rings. The molecular formula is C18H14N2OS. The molecule has 0 radical (unpaired) electrons. The normalized spacial score (nSPS) is 10.7. The quantitative estimate of drug-likeness (QED) is 0.570. The smallest absolute Gasteiger partial charge is 0.267 e. The average molecular weight is 306 g/mol. The van der Waals surface area contributed by atoms with Crippen LogP contribution in [0, 0.1) is 0 Å². The minimum Gasteiger partial charge on any atom is -0.267 e. The first-order valence-corrected chi connectivity index (χ1v) is 7.73. The summed E-state index contributed by atoms with van der Waals surface area (Å²) in [5.74, 6) is -0.215. The lowest BCUT2D eigenvalue weighted by atomic mass is 10.0. The summed E-state index contributed by atoms with van der Waals surface area (Å²) in [6.07, 6.45) is 1.64. The predicted octanol–water partition coefficient (Wildman–Crippen LogP) is 4.18. The second-order valence-electron chi connectivity index (χ2n) is 4.66. The van der Waals surface area contributed by atoms with E-state index in [0.29, 0.717) is 5.56 Å². The summed E-state index contributed by atoms with van der Waals surface area (Å²) >= 11 is 1.57. The summed E-state index contributed by atoms with van der Waals surface area (Å²) in [5, 5.41) is 5.92. The number of thiophene rings is 1. The zero-order chi connectivity index (χ0) is 15.2. The van der Waals surface area contributed by atoms with E-state index in [2.05, 4.69) is 10.5 Å². The summed E-state index contributed by atoms with van der Waals surface area (Å²) in [6.45, 7) is 0. The lowest BCUT2D eigenvalue weighted by Crippen LogP contribution is -2.17. The fourth-order valence-electron chi connectivity index (χ4n) is 2.03. The Hall–Kier alpha value is -2.72. The van der Waals surface area contributed by atoms with Crippen molar-refractivity contribution >= 4 is 23.5 Å². The first kappa shape index (κ1) is 14.2. The molecule has 3 aromatic rings. The topological polar surface area (TPSA) is 41.5 Å². The molecule has 108 valence electrons. The van der Waals surface area contributed by atoms with Crippen molar-refractivity contribution in [3.8, 4) is 11.1 Å². The van der Waals surface area contributed by atoms with Crippen molar-refractivity contribution < 1.29 is 4.79 Å². The van der Waals surface area contributed by atoms with E-state index in [1.165, 1.54) is 0 Å². The van der Waals surface area contributed by atoms with Gasteiger partial charge in [-0.25, -0.2) is 5.43 Å². The highest BCUT2D eigenvalue weighted by Gasteiger charge is 2.04. The van der Waals surface area contributed by atoms with E-state index in [1.54, 1.807) is 29.7 Å². The van der Waals surface area contributed by atoms with E-state index in [-0.39, 0.29) is 5.91 Å². The van der Waals surface area contributed by atoms with Crippen LogP contribution in [0.25, 0.3) is 11.1 Å². The van der Waals surface area contributed by atoms with Gasteiger partial charge in [-0.2, -0.15) is 5.10 Å². The maximum atomic E-state index is 12.0. The molecule has 0 aliphatic carbocycles. The highest BCUT2D eigenvalue weighted by Crippen LogP contribution is 2.19. The fourth-order valence-corrected chi connectivity index (χ4v) is 2.61. The van der Waals surface area contributed by atoms with Crippen molar-refractivity contribution in [2.75, 3.05) is 0 Å². The monoisotopic (exact) mass is 306 g/mol. The molecule has 1 N–H and O–H groups in total. The molecule has 3 rings (SSSR count). The molecule has 2 aromatic carbocycles. The summed E-state index contributed by atoms with van der Waals surface area (Å²) in [5.41, 5.74) is 5.33. The van der Waals surface area contributed by atoms with Crippen LogP contribution in [0.15, 0.2) is 77.2 Å². The van der Waals surface area contributed by atoms with E-state index in [0.717, 1.165) is 16.0 Å². The van der Waals surface area contributed by atoms with Gasteiger partial charge in [-0.1, -0.05) is 48.5 Å². The number of carbonyl (C=O) groups is 1. The summed E-state index contributed by atoms with van der Waals surface area (Å²) < 4.78 is 0. The molecule has 0 spiro atoms. The molecule has 22 heavy (non-hydrogen) atoms. The van der Waals surface area contributed by atoms with Crippen molar-refractivity contribution in [1.82, 2.24) is 5.43 Å². The van der Waals surface area contributed by atoms with Crippen LogP contribution < -0.4 is 5.43 Å². The van der Waals surface area contributed by atoms with Crippen molar-refractivity contribution in [3.63, 3.8) is 0 Å². The third kappa shape index (κ3) is 3.48. The van der Waals surface area contributed by atoms with E-state index in [4.69, 9.17) is 0 Å². The summed E-state index contributed by atoms with van der Waals surface area (Å²) in [6, 6.07) is 21.4. The van der Waals surface area contributed by atoms with Crippen LogP contribution in [0.3, 0.4) is 0 Å². The Balaban J connectivity index is 1.66. The van der Waals surface area contributed by atoms with Gasteiger partial charge in [0.2, 0.25) is 0 Å². The first-order chi connectivity index (χ1) is 10.8. The number of nitrogens with one attached hydrogen (secondary N) is 1. The van der Waals surface area contributed by atoms with Crippen LogP contribution in [0.1, 0.15) is 15.2 Å². The molecule has 0 atom stereocenters. The zero-order valence-corrected chi connectivity index (χ0v) is 12.6. The molecule has 0 aliphatic heterocycles. The molecule has 1 aromatic heterocycles. The van der Waals surface area contributed by atoms with Crippen molar-refractivity contribution in [2.24, 2.45) is 5.10 Å². The van der Waals surface area contributed by atoms with Gasteiger partial charge < -0.3 is 0 Å². The van der Waals surface area contributed by atoms with Gasteiger partial charge in [-0.05, 0) is 34.7 Å². The van der Waals surface area contributed by atoms with Crippen LogP contribution in [-0.2, 0) is 0 Å². The largest absolute Gasteiger partial charge is 0.271 e. The molecule has 0 saturated carbocycles. The zero-order valence-electron chi connectivity index (χ0n) is 11.8. The van der Waals surface area contributed by atoms with E-state index in [1.807, 2.05) is 60.0 Å². The second kappa shape index (κ2) is 6.83. The lowest BCUT2D eigenvalue weighted by Gasteiger charge is -2.03. The minimum atomic E-state index is -0.215. The number of hydrogen-bond acceptors (Lipinski definition) is 3. The molecule has 3 nitrogen and oxygen atoms in total. The first-order valence-electron chi connectivity index (χ1n) is 6.85. The molecule has 0 unspecified atom stereocenters. The highest BCUT2D eigenvalue weighted by molar-refractivity contribution is 7.11. The number of hydrogen-bond donors (Lipinski definition) is 1. The third-order valence-electron chi connectivity index (χ3n) is 3.16. The van der Waals surface area contributed by atoms with Gasteiger partial charge in [0, 0.05) is 10.4 Å². The van der Waals surface area contributed by atoms with Crippen LogP contribution in [-0.4, -0.2) is 12.1 Å². The SMILES string of the molecule is O=C(N/N=C/c1cccs1)c1ccc(-c2ccccc2)cc1. The van der Waals surface area contributed by atoms with Gasteiger partial charge in [0.15, 0.2) is 0 Å². The number of carbonyl (C=O) groups excluding carboxylic acids is 1. The van der Waals surface area contributed by atoms with E-state index < -0.39 is 0 Å². The second-order valence-corrected chi connectivity index (χ2v) is 5.64. The fraction of sp³-hybridized carbons (Fsp3) is 0. The Morgan fingerprint density at radius 1 is 0.909 bits per heavy atom. The maximum Gasteiger partial charge on any atom is 0.271 e. The molecule has 0 bridgehead atoms. The van der Waals surface area contributed by atoms with Gasteiger partial charge in [-0.3, -0.25) is 4.79 Å². The van der Waals surface area contributed by atoms with Crippen molar-refractivity contribution in [3.05, 3.63) is 82.6 Å². The Morgan fingerprint density at radius 2 is 1.64 bits per heavy atom. The summed E-state index contributed by atoms with van der Waals surface area (Å²) in [4.78, 5) is 13.0. The van der Waals surface area contributed by atoms with Crippen LogP contribution in [0.5, 0.6) is 0 Å². The predicted molar refractivity (Wildman–Crippen MR) is 91.3 cm³/mol. The van der Waals surface area contributed by atoms with Crippen LogP contribution in [0.2, 0.25) is 0 Å². The third-order valence-corrected chi connectivity index (χ3v) is 3.96. The standard InChI is InChI=1S/C18H14N2OS/c21-18(20-19-13-17-7-4-12-22-17)16-10-8-15(9-11-16)14-5-2-1-3-6-14/h1-13H,(H,20,21)/b19-13+. The highest BCUT2D eigenvalue weighted by atomic mass is 32.1. The van der Waals surface area contributed by atoms with Crippen molar-refractivity contribution in [2.45, 2.75) is 0 Å². The molecule has 0 fully saturated rings. The Kier molecular flexibility index (Phi) is 4.41. The van der Waals surface area contributed by atoms with E-state index >= 15 is 0 Å². The van der Waals surface area contributed by atoms with Gasteiger partial charge in [0.25, 0.3) is 5.91 Å². The molecule has 1 amide bonds. The number of rotatable bonds is 4. The molecule has 0 saturated heterocycles. The number of benzene rings is 2. The van der Waals surface area contributed by atoms with Crippen molar-refractivity contribution in [1.29, 1.82) is 0 Å². The molecular weight excluding hydrogens is 292 g/mol.